The summed E-state index contributed by atoms with van der Waals surface area (Å²) < 4.78 is 11.0. The van der Waals surface area contributed by atoms with Gasteiger partial charge < -0.3 is 9.15 Å². The molecule has 0 spiro atoms. The second kappa shape index (κ2) is 8.35. The standard InChI is InChI=1S/C20H21N3O3S/c1-12(2)15-9-18(25-4)13(3)8-16(15)17(24)11-27-20-23-22-19(26-20)14-6-5-7-21-10-14/h5-10,12H,11H2,1-4H3. The number of hydrogen-bond donors (Lipinski definition) is 0. The van der Waals surface area contributed by atoms with Crippen molar-refractivity contribution in [2.24, 2.45) is 0 Å². The molecule has 0 N–H and O–H groups in total. The average molecular weight is 383 g/mol. The number of hydrogen-bond acceptors (Lipinski definition) is 7. The van der Waals surface area contributed by atoms with Gasteiger partial charge in [-0.2, -0.15) is 0 Å². The minimum Gasteiger partial charge on any atom is -0.496 e. The van der Waals surface area contributed by atoms with Gasteiger partial charge in [0, 0.05) is 18.0 Å². The van der Waals surface area contributed by atoms with E-state index in [0.717, 1.165) is 22.4 Å². The van der Waals surface area contributed by atoms with Crippen molar-refractivity contribution in [1.82, 2.24) is 15.2 Å². The summed E-state index contributed by atoms with van der Waals surface area (Å²) in [5, 5.41) is 8.38. The number of aromatic nitrogens is 3. The third-order valence-electron chi connectivity index (χ3n) is 4.13. The van der Waals surface area contributed by atoms with Crippen LogP contribution in [0.5, 0.6) is 5.75 Å². The molecule has 0 aliphatic heterocycles. The number of carbonyl (C=O) groups excluding carboxylic acids is 1. The lowest BCUT2D eigenvalue weighted by Gasteiger charge is -2.15. The smallest absolute Gasteiger partial charge is 0.277 e. The Labute approximate surface area is 162 Å². The zero-order chi connectivity index (χ0) is 19.4. The molecule has 2 aromatic heterocycles. The van der Waals surface area contributed by atoms with Gasteiger partial charge in [0.25, 0.3) is 5.22 Å². The van der Waals surface area contributed by atoms with E-state index < -0.39 is 0 Å². The van der Waals surface area contributed by atoms with Crippen molar-refractivity contribution in [3.8, 4) is 17.2 Å². The molecule has 0 unspecified atom stereocenters. The number of Topliss-reactive ketones (excluding diaryl/α,β-unsaturated/α-hetero) is 1. The van der Waals surface area contributed by atoms with Crippen LogP contribution in [-0.2, 0) is 0 Å². The molecule has 0 fully saturated rings. The quantitative estimate of drug-likeness (QED) is 0.437. The SMILES string of the molecule is COc1cc(C(C)C)c(C(=O)CSc2nnc(-c3cccnc3)o2)cc1C. The van der Waals surface area contributed by atoms with E-state index in [1.54, 1.807) is 25.6 Å². The zero-order valence-electron chi connectivity index (χ0n) is 15.7. The van der Waals surface area contributed by atoms with E-state index in [4.69, 9.17) is 9.15 Å². The van der Waals surface area contributed by atoms with Crippen LogP contribution in [0.2, 0.25) is 0 Å². The first-order chi connectivity index (χ1) is 13.0. The van der Waals surface area contributed by atoms with Crippen LogP contribution >= 0.6 is 11.8 Å². The van der Waals surface area contributed by atoms with Gasteiger partial charge in [-0.25, -0.2) is 0 Å². The third-order valence-corrected chi connectivity index (χ3v) is 4.95. The molecule has 6 nitrogen and oxygen atoms in total. The molecule has 7 heteroatoms. The molecule has 27 heavy (non-hydrogen) atoms. The number of benzene rings is 1. The van der Waals surface area contributed by atoms with E-state index in [-0.39, 0.29) is 17.5 Å². The van der Waals surface area contributed by atoms with Gasteiger partial charge in [0.05, 0.1) is 18.4 Å². The molecular formula is C20H21N3O3S. The highest BCUT2D eigenvalue weighted by Gasteiger charge is 2.18. The first-order valence-electron chi connectivity index (χ1n) is 8.58. The fourth-order valence-electron chi connectivity index (χ4n) is 2.72. The lowest BCUT2D eigenvalue weighted by molar-refractivity contribution is 0.102. The number of rotatable bonds is 7. The van der Waals surface area contributed by atoms with Crippen molar-refractivity contribution >= 4 is 17.5 Å². The van der Waals surface area contributed by atoms with Gasteiger partial charge in [0.1, 0.15) is 5.75 Å². The molecule has 0 amide bonds. The van der Waals surface area contributed by atoms with E-state index >= 15 is 0 Å². The van der Waals surface area contributed by atoms with Crippen LogP contribution in [0, 0.1) is 6.92 Å². The van der Waals surface area contributed by atoms with E-state index in [0.29, 0.717) is 16.7 Å². The monoisotopic (exact) mass is 383 g/mol. The first kappa shape index (κ1) is 19.1. The number of thioether (sulfide) groups is 1. The average Bonchev–Trinajstić information content (AvgIpc) is 3.15. The summed E-state index contributed by atoms with van der Waals surface area (Å²) >= 11 is 1.23. The number of nitrogens with zero attached hydrogens (tertiary/aromatic N) is 3. The minimum atomic E-state index is 0.0237. The Balaban J connectivity index is 1.75. The van der Waals surface area contributed by atoms with Crippen molar-refractivity contribution in [2.45, 2.75) is 31.9 Å². The van der Waals surface area contributed by atoms with E-state index in [9.17, 15) is 4.79 Å². The second-order valence-electron chi connectivity index (χ2n) is 6.39. The molecule has 0 bridgehead atoms. The number of ketones is 1. The normalized spacial score (nSPS) is 11.0. The molecule has 0 saturated heterocycles. The molecule has 3 rings (SSSR count). The van der Waals surface area contributed by atoms with Gasteiger partial charge in [0.2, 0.25) is 5.89 Å². The molecule has 3 aromatic rings. The summed E-state index contributed by atoms with van der Waals surface area (Å²) in [6.45, 7) is 6.06. The molecule has 0 aliphatic carbocycles. The number of methoxy groups -OCH3 is 1. The molecule has 2 heterocycles. The number of aryl methyl sites for hydroxylation is 1. The Hall–Kier alpha value is -2.67. The number of ether oxygens (including phenoxy) is 1. The van der Waals surface area contributed by atoms with Crippen molar-refractivity contribution in [1.29, 1.82) is 0 Å². The summed E-state index contributed by atoms with van der Waals surface area (Å²) in [5.41, 5.74) is 3.37. The van der Waals surface area contributed by atoms with Crippen molar-refractivity contribution in [3.05, 3.63) is 53.3 Å². The number of carbonyl (C=O) groups is 1. The van der Waals surface area contributed by atoms with Gasteiger partial charge in [0.15, 0.2) is 5.78 Å². The van der Waals surface area contributed by atoms with Gasteiger partial charge >= 0.3 is 0 Å². The van der Waals surface area contributed by atoms with Crippen LogP contribution in [0.4, 0.5) is 0 Å². The van der Waals surface area contributed by atoms with Crippen LogP contribution in [0.25, 0.3) is 11.5 Å². The molecule has 0 radical (unpaired) electrons. The fourth-order valence-corrected chi connectivity index (χ4v) is 3.37. The van der Waals surface area contributed by atoms with Crippen molar-refractivity contribution in [3.63, 3.8) is 0 Å². The Kier molecular flexibility index (Phi) is 5.91. The Morgan fingerprint density at radius 1 is 1.30 bits per heavy atom. The van der Waals surface area contributed by atoms with Gasteiger partial charge in [-0.3, -0.25) is 9.78 Å². The Morgan fingerprint density at radius 3 is 2.78 bits per heavy atom. The topological polar surface area (TPSA) is 78.1 Å². The lowest BCUT2D eigenvalue weighted by atomic mass is 9.93. The molecule has 140 valence electrons. The lowest BCUT2D eigenvalue weighted by Crippen LogP contribution is -2.09. The van der Waals surface area contributed by atoms with Gasteiger partial charge in [-0.15, -0.1) is 10.2 Å². The number of pyridine rings is 1. The summed E-state index contributed by atoms with van der Waals surface area (Å²) in [7, 11) is 1.64. The van der Waals surface area contributed by atoms with Crippen LogP contribution in [-0.4, -0.2) is 33.8 Å². The predicted octanol–water partition coefficient (Wildman–Crippen LogP) is 4.55. The Morgan fingerprint density at radius 2 is 2.11 bits per heavy atom. The molecule has 0 saturated carbocycles. The maximum atomic E-state index is 12.8. The van der Waals surface area contributed by atoms with Crippen LogP contribution in [0.15, 0.2) is 46.3 Å². The summed E-state index contributed by atoms with van der Waals surface area (Å²) in [6.07, 6.45) is 3.33. The summed E-state index contributed by atoms with van der Waals surface area (Å²) in [6, 6.07) is 7.49. The van der Waals surface area contributed by atoms with Gasteiger partial charge in [-0.05, 0) is 48.2 Å². The van der Waals surface area contributed by atoms with E-state index in [1.165, 1.54) is 11.8 Å². The predicted molar refractivity (Wildman–Crippen MR) is 104 cm³/mol. The van der Waals surface area contributed by atoms with E-state index in [1.807, 2.05) is 25.1 Å². The zero-order valence-corrected chi connectivity index (χ0v) is 16.5. The molecule has 0 atom stereocenters. The van der Waals surface area contributed by atoms with Crippen LogP contribution in [0.1, 0.15) is 41.3 Å². The van der Waals surface area contributed by atoms with Crippen molar-refractivity contribution < 1.29 is 13.9 Å². The highest BCUT2D eigenvalue weighted by atomic mass is 32.2. The maximum absolute atomic E-state index is 12.8. The minimum absolute atomic E-state index is 0.0237. The van der Waals surface area contributed by atoms with Crippen molar-refractivity contribution in [2.75, 3.05) is 12.9 Å². The van der Waals surface area contributed by atoms with E-state index in [2.05, 4.69) is 29.0 Å². The maximum Gasteiger partial charge on any atom is 0.277 e. The van der Waals surface area contributed by atoms with Gasteiger partial charge in [-0.1, -0.05) is 25.6 Å². The Bertz CT molecular complexity index is 939. The highest BCUT2D eigenvalue weighted by Crippen LogP contribution is 2.30. The molecule has 1 aromatic carbocycles. The van der Waals surface area contributed by atoms with Crippen LogP contribution < -0.4 is 4.74 Å². The summed E-state index contributed by atoms with van der Waals surface area (Å²) in [4.78, 5) is 16.8. The fraction of sp³-hybridized carbons (Fsp3) is 0.300. The largest absolute Gasteiger partial charge is 0.496 e. The summed E-state index contributed by atoms with van der Waals surface area (Å²) in [5.74, 6) is 1.64. The first-order valence-corrected chi connectivity index (χ1v) is 9.56. The molecule has 0 aliphatic rings. The molecular weight excluding hydrogens is 362 g/mol. The highest BCUT2D eigenvalue weighted by molar-refractivity contribution is 7.99. The van der Waals surface area contributed by atoms with Crippen LogP contribution in [0.3, 0.4) is 0 Å². The second-order valence-corrected chi connectivity index (χ2v) is 7.32. The third kappa shape index (κ3) is 4.36.